The van der Waals surface area contributed by atoms with E-state index in [-0.39, 0.29) is 18.2 Å². The normalized spacial score (nSPS) is 16.4. The van der Waals surface area contributed by atoms with E-state index in [0.717, 1.165) is 11.4 Å². The molecule has 0 saturated carbocycles. The number of nitrogens with zero attached hydrogens (tertiary/aromatic N) is 2. The second-order valence-corrected chi connectivity index (χ2v) is 3.57. The van der Waals surface area contributed by atoms with Crippen LogP contribution in [0.5, 0.6) is 0 Å². The zero-order valence-corrected chi connectivity index (χ0v) is 8.73. The molecule has 1 aromatic carbocycles. The molecule has 0 atom stereocenters. The topological polar surface area (TPSA) is 40.6 Å². The van der Waals surface area contributed by atoms with Gasteiger partial charge in [0, 0.05) is 14.1 Å². The fourth-order valence-electron chi connectivity index (χ4n) is 1.67. The molecule has 2 amide bonds. The number of hydrogen-bond donors (Lipinski definition) is 0. The maximum atomic E-state index is 11.6. The van der Waals surface area contributed by atoms with Gasteiger partial charge in [0.15, 0.2) is 0 Å². The fourth-order valence-corrected chi connectivity index (χ4v) is 1.67. The lowest BCUT2D eigenvalue weighted by atomic mass is 10.2. The lowest BCUT2D eigenvalue weighted by Gasteiger charge is -2.19. The third kappa shape index (κ3) is 1.48. The molecule has 0 aromatic heterocycles. The first-order valence-electron chi connectivity index (χ1n) is 4.73. The van der Waals surface area contributed by atoms with Crippen LogP contribution in [0.15, 0.2) is 24.3 Å². The molecule has 0 bridgehead atoms. The Labute approximate surface area is 88.1 Å². The number of carbonyl (C=O) groups is 2. The monoisotopic (exact) mass is 204 g/mol. The van der Waals surface area contributed by atoms with Crippen LogP contribution in [0.2, 0.25) is 0 Å². The molecule has 0 radical (unpaired) electrons. The van der Waals surface area contributed by atoms with Crippen molar-refractivity contribution in [3.05, 3.63) is 24.3 Å². The Balaban J connectivity index is 2.59. The van der Waals surface area contributed by atoms with Gasteiger partial charge in [0.2, 0.25) is 11.8 Å². The summed E-state index contributed by atoms with van der Waals surface area (Å²) in [6.07, 6.45) is -0.0678. The third-order valence-corrected chi connectivity index (χ3v) is 2.66. The van der Waals surface area contributed by atoms with Gasteiger partial charge in [0.1, 0.15) is 6.42 Å². The van der Waals surface area contributed by atoms with E-state index in [2.05, 4.69) is 0 Å². The van der Waals surface area contributed by atoms with Crippen LogP contribution in [0.25, 0.3) is 0 Å². The summed E-state index contributed by atoms with van der Waals surface area (Å²) >= 11 is 0. The summed E-state index contributed by atoms with van der Waals surface area (Å²) in [5.41, 5.74) is 1.55. The van der Waals surface area contributed by atoms with Crippen molar-refractivity contribution in [2.24, 2.45) is 0 Å². The zero-order chi connectivity index (χ0) is 11.0. The highest BCUT2D eigenvalue weighted by atomic mass is 16.2. The number of amides is 2. The van der Waals surface area contributed by atoms with Crippen LogP contribution < -0.4 is 9.80 Å². The summed E-state index contributed by atoms with van der Waals surface area (Å²) in [6.45, 7) is 0. The van der Waals surface area contributed by atoms with E-state index < -0.39 is 0 Å². The molecule has 0 saturated heterocycles. The molecular formula is C11H12N2O2. The molecule has 2 rings (SSSR count). The molecule has 78 valence electrons. The second kappa shape index (κ2) is 3.38. The highest BCUT2D eigenvalue weighted by molar-refractivity contribution is 6.14. The van der Waals surface area contributed by atoms with Gasteiger partial charge < -0.3 is 9.80 Å². The minimum atomic E-state index is -0.170. The van der Waals surface area contributed by atoms with E-state index in [1.807, 2.05) is 24.3 Å². The number of anilines is 2. The smallest absolute Gasteiger partial charge is 0.236 e. The van der Waals surface area contributed by atoms with E-state index >= 15 is 0 Å². The number of para-hydroxylation sites is 2. The molecule has 15 heavy (non-hydrogen) atoms. The van der Waals surface area contributed by atoms with Gasteiger partial charge in [-0.1, -0.05) is 12.1 Å². The molecular weight excluding hydrogens is 192 g/mol. The van der Waals surface area contributed by atoms with Gasteiger partial charge in [-0.3, -0.25) is 9.59 Å². The Morgan fingerprint density at radius 3 is 1.73 bits per heavy atom. The average molecular weight is 204 g/mol. The number of rotatable bonds is 0. The predicted octanol–water partition coefficient (Wildman–Crippen LogP) is 1.02. The zero-order valence-electron chi connectivity index (χ0n) is 8.73. The maximum Gasteiger partial charge on any atom is 0.236 e. The maximum absolute atomic E-state index is 11.6. The van der Waals surface area contributed by atoms with Crippen LogP contribution in [-0.2, 0) is 9.59 Å². The summed E-state index contributed by atoms with van der Waals surface area (Å²) in [6, 6.07) is 7.38. The molecule has 0 fully saturated rings. The van der Waals surface area contributed by atoms with Crippen molar-refractivity contribution < 1.29 is 9.59 Å². The van der Waals surface area contributed by atoms with Crippen molar-refractivity contribution in [2.75, 3.05) is 23.9 Å². The van der Waals surface area contributed by atoms with Crippen LogP contribution in [0.3, 0.4) is 0 Å². The fraction of sp³-hybridized carbons (Fsp3) is 0.273. The third-order valence-electron chi connectivity index (χ3n) is 2.66. The summed E-state index contributed by atoms with van der Waals surface area (Å²) in [7, 11) is 3.38. The van der Waals surface area contributed by atoms with Gasteiger partial charge in [-0.2, -0.15) is 0 Å². The van der Waals surface area contributed by atoms with Crippen molar-refractivity contribution in [3.8, 4) is 0 Å². The molecule has 1 aliphatic heterocycles. The van der Waals surface area contributed by atoms with Crippen LogP contribution >= 0.6 is 0 Å². The first-order valence-corrected chi connectivity index (χ1v) is 4.73. The van der Waals surface area contributed by atoms with Crippen molar-refractivity contribution in [1.29, 1.82) is 0 Å². The van der Waals surface area contributed by atoms with Gasteiger partial charge in [-0.05, 0) is 12.1 Å². The standard InChI is InChI=1S/C11H12N2O2/c1-12-8-5-3-4-6-9(8)13(2)11(15)7-10(12)14/h3-6H,7H2,1-2H3. The second-order valence-electron chi connectivity index (χ2n) is 3.57. The predicted molar refractivity (Wildman–Crippen MR) is 57.9 cm³/mol. The lowest BCUT2D eigenvalue weighted by molar-refractivity contribution is -0.125. The van der Waals surface area contributed by atoms with Crippen LogP contribution in [0.4, 0.5) is 11.4 Å². The average Bonchev–Trinajstić information content (AvgIpc) is 2.33. The summed E-state index contributed by atoms with van der Waals surface area (Å²) in [4.78, 5) is 26.3. The van der Waals surface area contributed by atoms with Gasteiger partial charge in [-0.15, -0.1) is 0 Å². The lowest BCUT2D eigenvalue weighted by Crippen LogP contribution is -2.28. The molecule has 0 N–H and O–H groups in total. The molecule has 1 aliphatic rings. The largest absolute Gasteiger partial charge is 0.313 e. The molecule has 1 aromatic rings. The molecule has 0 aliphatic carbocycles. The Bertz CT molecular complexity index is 389. The number of benzene rings is 1. The summed E-state index contributed by atoms with van der Waals surface area (Å²) in [5.74, 6) is -0.339. The van der Waals surface area contributed by atoms with Crippen molar-refractivity contribution >= 4 is 23.2 Å². The van der Waals surface area contributed by atoms with Crippen molar-refractivity contribution in [3.63, 3.8) is 0 Å². The molecule has 4 heteroatoms. The Kier molecular flexibility index (Phi) is 2.19. The Hall–Kier alpha value is -1.84. The van der Waals surface area contributed by atoms with Crippen molar-refractivity contribution in [1.82, 2.24) is 0 Å². The van der Waals surface area contributed by atoms with Crippen LogP contribution in [0, 0.1) is 0 Å². The Morgan fingerprint density at radius 1 is 0.933 bits per heavy atom. The van der Waals surface area contributed by atoms with E-state index in [1.54, 1.807) is 14.1 Å². The first-order chi connectivity index (χ1) is 7.11. The minimum absolute atomic E-state index is 0.0678. The van der Waals surface area contributed by atoms with Gasteiger partial charge in [-0.25, -0.2) is 0 Å². The van der Waals surface area contributed by atoms with Gasteiger partial charge >= 0.3 is 0 Å². The molecule has 0 spiro atoms. The first kappa shape index (κ1) is 9.71. The number of fused-ring (bicyclic) bond motifs is 1. The van der Waals surface area contributed by atoms with Crippen LogP contribution in [0.1, 0.15) is 6.42 Å². The summed E-state index contributed by atoms with van der Waals surface area (Å²) < 4.78 is 0. The molecule has 0 unspecified atom stereocenters. The van der Waals surface area contributed by atoms with E-state index in [0.29, 0.717) is 0 Å². The van der Waals surface area contributed by atoms with Crippen LogP contribution in [-0.4, -0.2) is 25.9 Å². The van der Waals surface area contributed by atoms with Gasteiger partial charge in [0.25, 0.3) is 0 Å². The minimum Gasteiger partial charge on any atom is -0.313 e. The van der Waals surface area contributed by atoms with E-state index in [4.69, 9.17) is 0 Å². The van der Waals surface area contributed by atoms with E-state index in [1.165, 1.54) is 9.80 Å². The highest BCUT2D eigenvalue weighted by Crippen LogP contribution is 2.30. The molecule has 4 nitrogen and oxygen atoms in total. The summed E-state index contributed by atoms with van der Waals surface area (Å²) in [5, 5.41) is 0. The quantitative estimate of drug-likeness (QED) is 0.592. The SMILES string of the molecule is CN1C(=O)CC(=O)N(C)c2ccccc21. The highest BCUT2D eigenvalue weighted by Gasteiger charge is 2.26. The number of hydrogen-bond acceptors (Lipinski definition) is 2. The Morgan fingerprint density at radius 2 is 1.33 bits per heavy atom. The van der Waals surface area contributed by atoms with Crippen molar-refractivity contribution in [2.45, 2.75) is 6.42 Å². The molecule has 1 heterocycles. The van der Waals surface area contributed by atoms with E-state index in [9.17, 15) is 9.59 Å². The van der Waals surface area contributed by atoms with Gasteiger partial charge in [0.05, 0.1) is 11.4 Å². The number of carbonyl (C=O) groups excluding carboxylic acids is 2.